The molecule has 4 nitrogen and oxygen atoms in total. The molecule has 0 atom stereocenters. The largest absolute Gasteiger partial charge is 0.481 e. The van der Waals surface area contributed by atoms with Gasteiger partial charge in [0, 0.05) is 18.8 Å². The van der Waals surface area contributed by atoms with E-state index in [1.807, 2.05) is 12.1 Å². The van der Waals surface area contributed by atoms with Gasteiger partial charge < -0.3 is 14.7 Å². The molecular formula is C16H21NO3. The Balaban J connectivity index is 1.91. The predicted molar refractivity (Wildman–Crippen MR) is 77.3 cm³/mol. The first-order valence-corrected chi connectivity index (χ1v) is 7.39. The van der Waals surface area contributed by atoms with Gasteiger partial charge in [-0.3, -0.25) is 4.79 Å². The third-order valence-electron chi connectivity index (χ3n) is 4.64. The molecule has 3 rings (SSSR count). The lowest BCUT2D eigenvalue weighted by molar-refractivity contribution is -0.143. The van der Waals surface area contributed by atoms with E-state index >= 15 is 0 Å². The number of aliphatic carboxylic acids is 1. The van der Waals surface area contributed by atoms with E-state index in [0.29, 0.717) is 0 Å². The standard InChI is InChI=1S/C16H21NO3/c18-15(19)16(6-1-2-7-16)13-4-3-5-14(12-13)17-8-10-20-11-9-17/h3-5,12H,1-2,6-11H2,(H,18,19). The third kappa shape index (κ3) is 2.29. The Kier molecular flexibility index (Phi) is 3.66. The van der Waals surface area contributed by atoms with E-state index in [-0.39, 0.29) is 0 Å². The highest BCUT2D eigenvalue weighted by Gasteiger charge is 2.43. The van der Waals surface area contributed by atoms with E-state index < -0.39 is 11.4 Å². The summed E-state index contributed by atoms with van der Waals surface area (Å²) in [5.74, 6) is -0.672. The maximum absolute atomic E-state index is 11.8. The molecule has 2 fully saturated rings. The lowest BCUT2D eigenvalue weighted by Gasteiger charge is -2.31. The van der Waals surface area contributed by atoms with Crippen LogP contribution in [-0.4, -0.2) is 37.4 Å². The molecule has 108 valence electrons. The van der Waals surface area contributed by atoms with Crippen LogP contribution < -0.4 is 4.90 Å². The van der Waals surface area contributed by atoms with Crippen LogP contribution in [-0.2, 0) is 14.9 Å². The molecule has 1 aliphatic carbocycles. The van der Waals surface area contributed by atoms with E-state index in [1.165, 1.54) is 0 Å². The number of ether oxygens (including phenoxy) is 1. The average Bonchev–Trinajstić information content (AvgIpc) is 2.99. The van der Waals surface area contributed by atoms with Crippen molar-refractivity contribution in [2.75, 3.05) is 31.2 Å². The Labute approximate surface area is 119 Å². The monoisotopic (exact) mass is 275 g/mol. The maximum Gasteiger partial charge on any atom is 0.314 e. The number of carboxylic acids is 1. The van der Waals surface area contributed by atoms with Crippen molar-refractivity contribution in [2.45, 2.75) is 31.1 Å². The minimum absolute atomic E-state index is 0.664. The highest BCUT2D eigenvalue weighted by atomic mass is 16.5. The van der Waals surface area contributed by atoms with Gasteiger partial charge in [0.2, 0.25) is 0 Å². The van der Waals surface area contributed by atoms with E-state index in [0.717, 1.165) is 63.2 Å². The van der Waals surface area contributed by atoms with Gasteiger partial charge >= 0.3 is 5.97 Å². The Hall–Kier alpha value is -1.55. The van der Waals surface area contributed by atoms with Crippen LogP contribution in [0, 0.1) is 0 Å². The summed E-state index contributed by atoms with van der Waals surface area (Å²) in [4.78, 5) is 14.1. The van der Waals surface area contributed by atoms with Gasteiger partial charge in [-0.1, -0.05) is 25.0 Å². The molecule has 1 aromatic carbocycles. The molecule has 1 aliphatic heterocycles. The second-order valence-electron chi connectivity index (χ2n) is 5.74. The van der Waals surface area contributed by atoms with Crippen molar-refractivity contribution in [3.05, 3.63) is 29.8 Å². The van der Waals surface area contributed by atoms with Crippen LogP contribution in [0.2, 0.25) is 0 Å². The highest BCUT2D eigenvalue weighted by molar-refractivity contribution is 5.82. The van der Waals surface area contributed by atoms with Crippen molar-refractivity contribution < 1.29 is 14.6 Å². The zero-order valence-electron chi connectivity index (χ0n) is 11.7. The number of morpholine rings is 1. The zero-order chi connectivity index (χ0) is 14.0. The third-order valence-corrected chi connectivity index (χ3v) is 4.64. The van der Waals surface area contributed by atoms with E-state index in [2.05, 4.69) is 17.0 Å². The average molecular weight is 275 g/mol. The summed E-state index contributed by atoms with van der Waals surface area (Å²) >= 11 is 0. The van der Waals surface area contributed by atoms with Crippen LogP contribution >= 0.6 is 0 Å². The van der Waals surface area contributed by atoms with Gasteiger partial charge in [-0.15, -0.1) is 0 Å². The van der Waals surface area contributed by atoms with Crippen LogP contribution in [0.5, 0.6) is 0 Å². The van der Waals surface area contributed by atoms with Gasteiger partial charge in [0.15, 0.2) is 0 Å². The van der Waals surface area contributed by atoms with Gasteiger partial charge in [-0.05, 0) is 30.5 Å². The Morgan fingerprint density at radius 2 is 1.90 bits per heavy atom. The SMILES string of the molecule is O=C(O)C1(c2cccc(N3CCOCC3)c2)CCCC1. The van der Waals surface area contributed by atoms with Crippen LogP contribution in [0.3, 0.4) is 0 Å². The fourth-order valence-corrected chi connectivity index (χ4v) is 3.43. The van der Waals surface area contributed by atoms with Crippen LogP contribution in [0.4, 0.5) is 5.69 Å². The molecular weight excluding hydrogens is 254 g/mol. The summed E-state index contributed by atoms with van der Waals surface area (Å²) in [5.41, 5.74) is 1.42. The summed E-state index contributed by atoms with van der Waals surface area (Å²) in [7, 11) is 0. The topological polar surface area (TPSA) is 49.8 Å². The molecule has 20 heavy (non-hydrogen) atoms. The number of rotatable bonds is 3. The molecule has 0 amide bonds. The van der Waals surface area contributed by atoms with E-state index in [9.17, 15) is 9.90 Å². The molecule has 1 saturated heterocycles. The molecule has 1 N–H and O–H groups in total. The Bertz CT molecular complexity index is 488. The van der Waals surface area contributed by atoms with Crippen molar-refractivity contribution in [2.24, 2.45) is 0 Å². The van der Waals surface area contributed by atoms with Crippen LogP contribution in [0.25, 0.3) is 0 Å². The molecule has 4 heteroatoms. The van der Waals surface area contributed by atoms with Gasteiger partial charge in [0.05, 0.1) is 18.6 Å². The Morgan fingerprint density at radius 3 is 2.55 bits per heavy atom. The van der Waals surface area contributed by atoms with Crippen molar-refractivity contribution in [3.63, 3.8) is 0 Å². The molecule has 2 aliphatic rings. The minimum atomic E-state index is -0.672. The smallest absolute Gasteiger partial charge is 0.314 e. The highest BCUT2D eigenvalue weighted by Crippen LogP contribution is 2.42. The zero-order valence-corrected chi connectivity index (χ0v) is 11.7. The van der Waals surface area contributed by atoms with Crippen LogP contribution in [0.15, 0.2) is 24.3 Å². The lowest BCUT2D eigenvalue weighted by Crippen LogP contribution is -2.37. The second kappa shape index (κ2) is 5.44. The number of benzene rings is 1. The molecule has 1 aromatic rings. The second-order valence-corrected chi connectivity index (χ2v) is 5.74. The summed E-state index contributed by atoms with van der Waals surface area (Å²) in [6, 6.07) is 8.11. The first kappa shape index (κ1) is 13.4. The van der Waals surface area contributed by atoms with E-state index in [4.69, 9.17) is 4.74 Å². The molecule has 1 saturated carbocycles. The molecule has 0 bridgehead atoms. The molecule has 0 aromatic heterocycles. The normalized spacial score (nSPS) is 21.9. The number of hydrogen-bond donors (Lipinski definition) is 1. The van der Waals surface area contributed by atoms with Crippen LogP contribution in [0.1, 0.15) is 31.2 Å². The van der Waals surface area contributed by atoms with Gasteiger partial charge in [0.25, 0.3) is 0 Å². The molecule has 0 unspecified atom stereocenters. The fourth-order valence-electron chi connectivity index (χ4n) is 3.43. The lowest BCUT2D eigenvalue weighted by atomic mass is 9.79. The van der Waals surface area contributed by atoms with Gasteiger partial charge in [-0.25, -0.2) is 0 Å². The van der Waals surface area contributed by atoms with Crippen molar-refractivity contribution in [1.82, 2.24) is 0 Å². The number of nitrogens with zero attached hydrogens (tertiary/aromatic N) is 1. The summed E-state index contributed by atoms with van der Waals surface area (Å²) in [5, 5.41) is 9.68. The van der Waals surface area contributed by atoms with Gasteiger partial charge in [0.1, 0.15) is 0 Å². The first-order chi connectivity index (χ1) is 9.72. The molecule has 1 heterocycles. The summed E-state index contributed by atoms with van der Waals surface area (Å²) < 4.78 is 5.37. The first-order valence-electron chi connectivity index (χ1n) is 7.39. The summed E-state index contributed by atoms with van der Waals surface area (Å²) in [6.07, 6.45) is 3.53. The quantitative estimate of drug-likeness (QED) is 0.920. The predicted octanol–water partition coefficient (Wildman–Crippen LogP) is 2.42. The number of carboxylic acid groups (broad SMARTS) is 1. The van der Waals surface area contributed by atoms with Crippen molar-refractivity contribution in [1.29, 1.82) is 0 Å². The number of carbonyl (C=O) groups is 1. The fraction of sp³-hybridized carbons (Fsp3) is 0.562. The number of hydrogen-bond acceptors (Lipinski definition) is 3. The van der Waals surface area contributed by atoms with Gasteiger partial charge in [-0.2, -0.15) is 0 Å². The van der Waals surface area contributed by atoms with Crippen molar-refractivity contribution >= 4 is 11.7 Å². The molecule has 0 spiro atoms. The van der Waals surface area contributed by atoms with E-state index in [1.54, 1.807) is 0 Å². The summed E-state index contributed by atoms with van der Waals surface area (Å²) in [6.45, 7) is 3.25. The Morgan fingerprint density at radius 1 is 1.20 bits per heavy atom. The maximum atomic E-state index is 11.8. The number of anilines is 1. The molecule has 0 radical (unpaired) electrons. The minimum Gasteiger partial charge on any atom is -0.481 e. The van der Waals surface area contributed by atoms with Crippen molar-refractivity contribution in [3.8, 4) is 0 Å².